The van der Waals surface area contributed by atoms with Crippen LogP contribution >= 0.6 is 0 Å². The highest BCUT2D eigenvalue weighted by molar-refractivity contribution is 7.93. The molecule has 0 saturated carbocycles. The van der Waals surface area contributed by atoms with Crippen LogP contribution in [0.5, 0.6) is 5.88 Å². The number of sulfonamides is 1. The monoisotopic (exact) mass is 682 g/mol. The molecule has 7 rings (SSSR count). The number of hydrogen-bond donors (Lipinski definition) is 2. The molecule has 0 aliphatic carbocycles. The number of aromatic nitrogens is 3. The molecule has 1 unspecified atom stereocenters. The number of carbonyl (C=O) groups excluding carboxylic acids is 1. The minimum absolute atomic E-state index is 0.0611. The molecular weight excluding hydrogens is 645 g/mol. The first kappa shape index (κ1) is 32.5. The number of nitrogens with one attached hydrogen (secondary N) is 2. The molecule has 8 bridgehead atoms. The van der Waals surface area contributed by atoms with Gasteiger partial charge in [-0.2, -0.15) is 0 Å². The van der Waals surface area contributed by atoms with Crippen LogP contribution in [0, 0.1) is 0 Å². The lowest BCUT2D eigenvalue weighted by atomic mass is 9.92. The van der Waals surface area contributed by atoms with Crippen molar-refractivity contribution in [1.82, 2.24) is 29.5 Å². The average molecular weight is 683 g/mol. The Balaban J connectivity index is 1.26. The van der Waals surface area contributed by atoms with Crippen molar-refractivity contribution in [3.05, 3.63) is 99.4 Å². The van der Waals surface area contributed by atoms with Crippen molar-refractivity contribution >= 4 is 39.7 Å². The first-order valence-corrected chi connectivity index (χ1v) is 17.8. The highest BCUT2D eigenvalue weighted by Crippen LogP contribution is 2.39. The number of rotatable bonds is 7. The first-order chi connectivity index (χ1) is 23.6. The molecular formula is C35H38N8O5S. The third-order valence-electron chi connectivity index (χ3n) is 8.79. The van der Waals surface area contributed by atoms with Crippen molar-refractivity contribution < 1.29 is 22.7 Å². The summed E-state index contributed by atoms with van der Waals surface area (Å²) in [5, 5.41) is 5.20. The fourth-order valence-electron chi connectivity index (χ4n) is 6.25. The fraction of sp³-hybridized carbons (Fsp3) is 0.343. The molecule has 7 heterocycles. The number of likely N-dealkylation sites (tertiary alicyclic amines) is 1. The Bertz CT molecular complexity index is 2130. The van der Waals surface area contributed by atoms with Crippen molar-refractivity contribution in [3.8, 4) is 5.88 Å². The first-order valence-electron chi connectivity index (χ1n) is 16.3. The molecule has 0 spiro atoms. The number of nitrogens with zero attached hydrogens (tertiary/aromatic N) is 6. The topological polar surface area (TPSA) is 154 Å². The minimum atomic E-state index is -3.95. The lowest BCUT2D eigenvalue weighted by molar-refractivity contribution is 0.0661. The second kappa shape index (κ2) is 13.1. The van der Waals surface area contributed by atoms with Crippen molar-refractivity contribution in [1.29, 1.82) is 0 Å². The van der Waals surface area contributed by atoms with Gasteiger partial charge in [0, 0.05) is 63.2 Å². The summed E-state index contributed by atoms with van der Waals surface area (Å²) >= 11 is 0. The second-order valence-electron chi connectivity index (χ2n) is 12.5. The molecule has 0 radical (unpaired) electrons. The number of amides is 1. The van der Waals surface area contributed by atoms with Gasteiger partial charge < -0.3 is 24.7 Å². The smallest absolute Gasteiger partial charge is 0.409 e. The molecule has 5 aliphatic heterocycles. The van der Waals surface area contributed by atoms with E-state index in [0.717, 1.165) is 28.5 Å². The van der Waals surface area contributed by atoms with E-state index in [0.29, 0.717) is 67.6 Å². The molecule has 2 aromatic rings. The molecule has 1 saturated heterocycles. The van der Waals surface area contributed by atoms with Crippen molar-refractivity contribution in [2.45, 2.75) is 44.2 Å². The molecule has 0 aromatic carbocycles. The third-order valence-corrected chi connectivity index (χ3v) is 10.7. The van der Waals surface area contributed by atoms with Crippen LogP contribution in [0.1, 0.15) is 38.3 Å². The second-order valence-corrected chi connectivity index (χ2v) is 14.6. The number of aliphatic imine (C=N–C) groups is 2. The van der Waals surface area contributed by atoms with E-state index in [4.69, 9.17) is 19.5 Å². The Hall–Kier alpha value is -5.08. The van der Waals surface area contributed by atoms with Crippen molar-refractivity contribution in [2.24, 2.45) is 9.98 Å². The SMILES string of the molecule is CCCOC(=O)N1CCC(Oc2cc(C34C=c5ccc([nH]5)=CC5=NC(=CC6=NC(=C(S(=O)(=O)N(C)C)C(=CC3)N4)C=C6)C=C5)ncn2)CC1. The molecule has 14 heteroatoms. The molecule has 5 aliphatic rings. The molecule has 254 valence electrons. The van der Waals surface area contributed by atoms with E-state index in [-0.39, 0.29) is 17.1 Å². The van der Waals surface area contributed by atoms with Crippen LogP contribution in [0.3, 0.4) is 0 Å². The number of allylic oxidation sites excluding steroid dienone is 5. The van der Waals surface area contributed by atoms with E-state index in [1.54, 1.807) is 23.1 Å². The zero-order chi connectivity index (χ0) is 34.2. The van der Waals surface area contributed by atoms with Gasteiger partial charge in [-0.3, -0.25) is 0 Å². The normalized spacial score (nSPS) is 21.8. The number of carbonyl (C=O) groups is 1. The van der Waals surface area contributed by atoms with E-state index in [9.17, 15) is 13.2 Å². The summed E-state index contributed by atoms with van der Waals surface area (Å²) in [4.78, 5) is 36.0. The summed E-state index contributed by atoms with van der Waals surface area (Å²) in [6.45, 7) is 3.42. The van der Waals surface area contributed by atoms with Gasteiger partial charge in [-0.25, -0.2) is 37.5 Å². The lowest BCUT2D eigenvalue weighted by Gasteiger charge is -2.32. The van der Waals surface area contributed by atoms with Gasteiger partial charge in [-0.1, -0.05) is 13.0 Å². The van der Waals surface area contributed by atoms with Gasteiger partial charge in [0.25, 0.3) is 0 Å². The van der Waals surface area contributed by atoms with Crippen LogP contribution in [-0.2, 0) is 20.3 Å². The highest BCUT2D eigenvalue weighted by Gasteiger charge is 2.41. The van der Waals surface area contributed by atoms with E-state index in [1.165, 1.54) is 24.7 Å². The molecule has 1 atom stereocenters. The number of ether oxygens (including phenoxy) is 2. The maximum Gasteiger partial charge on any atom is 0.409 e. The molecule has 2 aromatic heterocycles. The summed E-state index contributed by atoms with van der Waals surface area (Å²) in [5.74, 6) is 0.392. The molecule has 2 N–H and O–H groups in total. The Morgan fingerprint density at radius 1 is 1.04 bits per heavy atom. The number of H-pyrrole nitrogens is 1. The zero-order valence-electron chi connectivity index (χ0n) is 27.6. The Labute approximate surface area is 284 Å². The Morgan fingerprint density at radius 3 is 2.61 bits per heavy atom. The predicted octanol–water partition coefficient (Wildman–Crippen LogP) is 2.55. The summed E-state index contributed by atoms with van der Waals surface area (Å²) in [7, 11) is -0.943. The number of aromatic amines is 1. The predicted molar refractivity (Wildman–Crippen MR) is 186 cm³/mol. The van der Waals surface area contributed by atoms with Gasteiger partial charge in [-0.05, 0) is 61.1 Å². The quantitative estimate of drug-likeness (QED) is 0.452. The largest absolute Gasteiger partial charge is 0.474 e. The van der Waals surface area contributed by atoms with Crippen LogP contribution in [0.4, 0.5) is 4.79 Å². The van der Waals surface area contributed by atoms with Gasteiger partial charge in [0.1, 0.15) is 22.9 Å². The van der Waals surface area contributed by atoms with E-state index >= 15 is 0 Å². The molecule has 1 amide bonds. The number of fused-ring (bicyclic) bond motifs is 6. The number of piperidine rings is 1. The third kappa shape index (κ3) is 6.65. The highest BCUT2D eigenvalue weighted by atomic mass is 32.2. The Kier molecular flexibility index (Phi) is 8.67. The van der Waals surface area contributed by atoms with Crippen LogP contribution < -0.4 is 20.8 Å². The lowest BCUT2D eigenvalue weighted by Crippen LogP contribution is -2.42. The van der Waals surface area contributed by atoms with Gasteiger partial charge in [0.15, 0.2) is 0 Å². The van der Waals surface area contributed by atoms with E-state index in [2.05, 4.69) is 20.3 Å². The summed E-state index contributed by atoms with van der Waals surface area (Å²) < 4.78 is 40.6. The summed E-state index contributed by atoms with van der Waals surface area (Å²) in [5.41, 5.74) is 2.45. The zero-order valence-corrected chi connectivity index (χ0v) is 28.4. The van der Waals surface area contributed by atoms with Gasteiger partial charge in [-0.15, -0.1) is 0 Å². The van der Waals surface area contributed by atoms with Gasteiger partial charge in [0.2, 0.25) is 15.9 Å². The van der Waals surface area contributed by atoms with E-state index < -0.39 is 15.6 Å². The Morgan fingerprint density at radius 2 is 1.82 bits per heavy atom. The molecule has 1 fully saturated rings. The summed E-state index contributed by atoms with van der Waals surface area (Å²) in [6.07, 6.45) is 18.4. The average Bonchev–Trinajstić information content (AvgIpc) is 3.90. The molecule has 13 nitrogen and oxygen atoms in total. The maximum absolute atomic E-state index is 13.9. The van der Waals surface area contributed by atoms with E-state index in [1.807, 2.05) is 55.5 Å². The fourth-order valence-corrected chi connectivity index (χ4v) is 7.41. The minimum Gasteiger partial charge on any atom is -0.474 e. The van der Waals surface area contributed by atoms with Crippen LogP contribution in [0.2, 0.25) is 0 Å². The van der Waals surface area contributed by atoms with Crippen LogP contribution in [0.15, 0.2) is 93.0 Å². The van der Waals surface area contributed by atoms with Crippen molar-refractivity contribution in [2.75, 3.05) is 33.8 Å². The summed E-state index contributed by atoms with van der Waals surface area (Å²) in [6, 6.07) is 5.72. The van der Waals surface area contributed by atoms with Gasteiger partial charge >= 0.3 is 6.09 Å². The maximum atomic E-state index is 13.9. The van der Waals surface area contributed by atoms with Crippen LogP contribution in [0.25, 0.3) is 12.2 Å². The number of hydrogen-bond acceptors (Lipinski definition) is 10. The standard InChI is InChI=1S/C35H38N8O5S/c1-4-17-47-34(44)43-15-12-28(13-16-43)48-32-20-31(36-22-37-32)35-14-11-30(41-35)33(49(45,46)42(2)3)29-10-9-26(40-29)19-24-6-5-23(38-24)18-25-7-8-27(21-35)39-25/h5-11,18-22,28,39,41H,4,12-17H2,1-3H3. The van der Waals surface area contributed by atoms with Crippen LogP contribution in [-0.4, -0.2) is 90.0 Å². The van der Waals surface area contributed by atoms with Crippen molar-refractivity contribution in [3.63, 3.8) is 0 Å². The molecule has 49 heavy (non-hydrogen) atoms. The van der Waals surface area contributed by atoms with Gasteiger partial charge in [0.05, 0.1) is 40.8 Å².